The average molecular weight is 524 g/mol. The second-order valence-corrected chi connectivity index (χ2v) is 11.3. The van der Waals surface area contributed by atoms with Gasteiger partial charge < -0.3 is 24.8 Å². The summed E-state index contributed by atoms with van der Waals surface area (Å²) < 4.78 is 18.3. The molecule has 3 aliphatic carbocycles. The summed E-state index contributed by atoms with van der Waals surface area (Å²) in [5, 5.41) is 9.51. The van der Waals surface area contributed by atoms with E-state index in [1.807, 2.05) is 54.6 Å². The molecule has 0 spiro atoms. The number of nitrogens with zero attached hydrogens (tertiary/aromatic N) is 1. The van der Waals surface area contributed by atoms with Gasteiger partial charge in [0.15, 0.2) is 11.5 Å². The van der Waals surface area contributed by atoms with Crippen LogP contribution in [0.15, 0.2) is 60.8 Å². The van der Waals surface area contributed by atoms with Crippen molar-refractivity contribution in [1.82, 2.24) is 15.6 Å². The third-order valence-electron chi connectivity index (χ3n) is 8.04. The highest BCUT2D eigenvalue weighted by Crippen LogP contribution is 2.41. The van der Waals surface area contributed by atoms with Crippen molar-refractivity contribution < 1.29 is 19.0 Å². The third kappa shape index (κ3) is 5.23. The number of fused-ring (bicyclic) bond motifs is 2. The molecule has 7 nitrogen and oxygen atoms in total. The van der Waals surface area contributed by atoms with Crippen LogP contribution in [-0.4, -0.2) is 42.7 Å². The number of rotatable bonds is 11. The summed E-state index contributed by atoms with van der Waals surface area (Å²) in [7, 11) is 1.66. The number of carbonyl (C=O) groups excluding carboxylic acids is 1. The minimum absolute atomic E-state index is 0.0201. The van der Waals surface area contributed by atoms with Crippen molar-refractivity contribution in [2.45, 2.75) is 50.1 Å². The Morgan fingerprint density at radius 3 is 2.62 bits per heavy atom. The van der Waals surface area contributed by atoms with E-state index in [2.05, 4.69) is 15.6 Å². The van der Waals surface area contributed by atoms with Crippen LogP contribution in [-0.2, 0) is 0 Å². The van der Waals surface area contributed by atoms with Gasteiger partial charge in [0.1, 0.15) is 18.1 Å². The molecule has 200 valence electrons. The Kier molecular flexibility index (Phi) is 6.04. The van der Waals surface area contributed by atoms with E-state index in [4.69, 9.17) is 14.2 Å². The number of carbonyl (C=O) groups is 1. The number of methoxy groups -OCH3 is 1. The molecule has 0 aliphatic heterocycles. The van der Waals surface area contributed by atoms with E-state index in [1.54, 1.807) is 13.3 Å². The zero-order chi connectivity index (χ0) is 26.4. The Balaban J connectivity index is 1.12. The molecule has 4 aromatic rings. The van der Waals surface area contributed by atoms with E-state index < -0.39 is 0 Å². The maximum absolute atomic E-state index is 12.7. The molecular formula is C32H33N3O4. The third-order valence-corrected chi connectivity index (χ3v) is 8.04. The summed E-state index contributed by atoms with van der Waals surface area (Å²) in [6.45, 7) is 1.71. The van der Waals surface area contributed by atoms with Gasteiger partial charge >= 0.3 is 0 Å². The Labute approximate surface area is 227 Å². The van der Waals surface area contributed by atoms with Crippen LogP contribution in [0.25, 0.3) is 21.7 Å². The molecule has 0 atom stereocenters. The molecule has 3 aliphatic rings. The van der Waals surface area contributed by atoms with E-state index in [-0.39, 0.29) is 11.4 Å². The monoisotopic (exact) mass is 523 g/mol. The standard InChI is InChI=1S/C32H33N3O4/c1-37-29-16-26-27(17-30(29)38-19-32(12-13-32)34-18-20-5-6-20)33-14-11-28(26)39-23-9-10-24-21(15-23)3-2-4-25(24)31(36)35-22-7-8-22/h2-4,9-11,14-17,20,22,34H,5-8,12-13,18-19H2,1H3,(H,35,36). The van der Waals surface area contributed by atoms with Crippen molar-refractivity contribution >= 4 is 27.6 Å². The molecule has 0 saturated heterocycles. The quantitative estimate of drug-likeness (QED) is 0.251. The van der Waals surface area contributed by atoms with Crippen molar-refractivity contribution in [2.75, 3.05) is 20.3 Å². The first-order chi connectivity index (χ1) is 19.1. The summed E-state index contributed by atoms with van der Waals surface area (Å²) in [5.74, 6) is 3.54. The van der Waals surface area contributed by atoms with Crippen LogP contribution in [0.3, 0.4) is 0 Å². The number of hydrogen-bond donors (Lipinski definition) is 2. The molecular weight excluding hydrogens is 490 g/mol. The smallest absolute Gasteiger partial charge is 0.252 e. The van der Waals surface area contributed by atoms with Gasteiger partial charge in [-0.15, -0.1) is 0 Å². The largest absolute Gasteiger partial charge is 0.493 e. The molecule has 1 aromatic heterocycles. The van der Waals surface area contributed by atoms with Crippen LogP contribution < -0.4 is 24.8 Å². The topological polar surface area (TPSA) is 81.7 Å². The molecule has 2 N–H and O–H groups in total. The van der Waals surface area contributed by atoms with E-state index in [9.17, 15) is 4.79 Å². The molecule has 0 bridgehead atoms. The van der Waals surface area contributed by atoms with Gasteiger partial charge in [-0.3, -0.25) is 9.78 Å². The van der Waals surface area contributed by atoms with Gasteiger partial charge in [0.05, 0.1) is 18.2 Å². The highest BCUT2D eigenvalue weighted by Gasteiger charge is 2.44. The molecule has 7 heteroatoms. The number of pyridine rings is 1. The summed E-state index contributed by atoms with van der Waals surface area (Å²) >= 11 is 0. The number of hydrogen-bond acceptors (Lipinski definition) is 6. The van der Waals surface area contributed by atoms with Gasteiger partial charge in [-0.05, 0) is 98.2 Å². The summed E-state index contributed by atoms with van der Waals surface area (Å²) in [4.78, 5) is 17.3. The fraction of sp³-hybridized carbons (Fsp3) is 0.375. The van der Waals surface area contributed by atoms with Gasteiger partial charge in [-0.2, -0.15) is 0 Å². The molecule has 7 rings (SSSR count). The predicted molar refractivity (Wildman–Crippen MR) is 151 cm³/mol. The number of ether oxygens (including phenoxy) is 3. The number of aromatic nitrogens is 1. The van der Waals surface area contributed by atoms with Crippen LogP contribution in [0, 0.1) is 5.92 Å². The highest BCUT2D eigenvalue weighted by atomic mass is 16.5. The number of amides is 1. The predicted octanol–water partition coefficient (Wildman–Crippen LogP) is 5.99. The molecule has 1 amide bonds. The molecule has 0 radical (unpaired) electrons. The fourth-order valence-electron chi connectivity index (χ4n) is 5.05. The van der Waals surface area contributed by atoms with Crippen LogP contribution in [0.2, 0.25) is 0 Å². The van der Waals surface area contributed by atoms with Crippen LogP contribution in [0.5, 0.6) is 23.0 Å². The summed E-state index contributed by atoms with van der Waals surface area (Å²) in [6, 6.07) is 17.6. The lowest BCUT2D eigenvalue weighted by Crippen LogP contribution is -2.38. The van der Waals surface area contributed by atoms with Gasteiger partial charge in [0.25, 0.3) is 5.91 Å². The Bertz CT molecular complexity index is 1560. The maximum Gasteiger partial charge on any atom is 0.252 e. The summed E-state index contributed by atoms with van der Waals surface area (Å²) in [5.41, 5.74) is 1.56. The van der Waals surface area contributed by atoms with Gasteiger partial charge in [-0.25, -0.2) is 0 Å². The van der Waals surface area contributed by atoms with E-state index in [0.29, 0.717) is 41.2 Å². The first-order valence-electron chi connectivity index (χ1n) is 14.0. The van der Waals surface area contributed by atoms with Crippen molar-refractivity contribution in [3.8, 4) is 23.0 Å². The Morgan fingerprint density at radius 1 is 0.974 bits per heavy atom. The minimum Gasteiger partial charge on any atom is -0.493 e. The van der Waals surface area contributed by atoms with Gasteiger partial charge in [-0.1, -0.05) is 12.1 Å². The lowest BCUT2D eigenvalue weighted by molar-refractivity contribution is 0.0952. The molecule has 39 heavy (non-hydrogen) atoms. The lowest BCUT2D eigenvalue weighted by atomic mass is 10.0. The van der Waals surface area contributed by atoms with Crippen molar-refractivity contribution in [2.24, 2.45) is 5.92 Å². The van der Waals surface area contributed by atoms with E-state index in [0.717, 1.165) is 59.8 Å². The molecule has 3 aromatic carbocycles. The zero-order valence-electron chi connectivity index (χ0n) is 22.2. The normalized spacial score (nSPS) is 17.7. The SMILES string of the molecule is COc1cc2c(Oc3ccc4c(C(=O)NC5CC5)cccc4c3)ccnc2cc1OCC1(NCC2CC2)CC1. The first kappa shape index (κ1) is 24.2. The highest BCUT2D eigenvalue weighted by molar-refractivity contribution is 6.07. The summed E-state index contributed by atoms with van der Waals surface area (Å²) in [6.07, 6.45) is 8.84. The molecule has 1 heterocycles. The van der Waals surface area contributed by atoms with Crippen molar-refractivity contribution in [1.29, 1.82) is 0 Å². The molecule has 0 unspecified atom stereocenters. The second kappa shape index (κ2) is 9.72. The maximum atomic E-state index is 12.7. The second-order valence-electron chi connectivity index (χ2n) is 11.3. The average Bonchev–Trinajstić information content (AvgIpc) is 3.81. The van der Waals surface area contributed by atoms with Crippen molar-refractivity contribution in [3.05, 3.63) is 66.4 Å². The molecule has 3 fully saturated rings. The van der Waals surface area contributed by atoms with Crippen LogP contribution >= 0.6 is 0 Å². The van der Waals surface area contributed by atoms with E-state index >= 15 is 0 Å². The Hall–Kier alpha value is -3.84. The van der Waals surface area contributed by atoms with Crippen LogP contribution in [0.4, 0.5) is 0 Å². The van der Waals surface area contributed by atoms with Crippen molar-refractivity contribution in [3.63, 3.8) is 0 Å². The van der Waals surface area contributed by atoms with Crippen LogP contribution in [0.1, 0.15) is 48.9 Å². The number of benzene rings is 3. The fourth-order valence-corrected chi connectivity index (χ4v) is 5.05. The van der Waals surface area contributed by atoms with Gasteiger partial charge in [0, 0.05) is 29.3 Å². The number of nitrogens with one attached hydrogen (secondary N) is 2. The first-order valence-corrected chi connectivity index (χ1v) is 14.0. The zero-order valence-corrected chi connectivity index (χ0v) is 22.2. The lowest BCUT2D eigenvalue weighted by Gasteiger charge is -2.20. The molecule has 3 saturated carbocycles. The van der Waals surface area contributed by atoms with Gasteiger partial charge in [0.2, 0.25) is 0 Å². The van der Waals surface area contributed by atoms with E-state index in [1.165, 1.54) is 12.8 Å². The minimum atomic E-state index is -0.0201. The Morgan fingerprint density at radius 2 is 1.85 bits per heavy atom.